The minimum atomic E-state index is 0.302. The van der Waals surface area contributed by atoms with Gasteiger partial charge in [-0.05, 0) is 108 Å². The van der Waals surface area contributed by atoms with E-state index in [0.717, 1.165) is 93.9 Å². The molecule has 0 radical (unpaired) electrons. The SMILES string of the molecule is N#Cc1c(-c2nc3ccccc3o2)c(-n2c3ccccc3c3cccnc32)c(-c2ccc(-n3c4ccccc4c4ccccc43)cc2)c(-c2ccc(-n3c4ccccc4c4ccccc43)cc2)c1-n1c2ccccc2c2cccnc21. The van der Waals surface area contributed by atoms with Gasteiger partial charge in [0.1, 0.15) is 22.9 Å². The Labute approximate surface area is 462 Å². The monoisotopic (exact) mass is 1030 g/mol. The second kappa shape index (κ2) is 17.3. The number of hydrogen-bond acceptors (Lipinski definition) is 5. The maximum Gasteiger partial charge on any atom is 0.230 e. The zero-order valence-electron chi connectivity index (χ0n) is 43.2. The lowest BCUT2D eigenvalue weighted by Gasteiger charge is -2.26. The average molecular weight is 1040 g/mol. The molecule has 17 rings (SSSR count). The van der Waals surface area contributed by atoms with Crippen molar-refractivity contribution in [1.29, 1.82) is 5.26 Å². The Balaban J connectivity index is 1.07. The van der Waals surface area contributed by atoms with Crippen LogP contribution in [0.25, 0.3) is 155 Å². The minimum Gasteiger partial charge on any atom is -0.436 e. The number of pyridine rings is 2. The van der Waals surface area contributed by atoms with Crippen molar-refractivity contribution >= 4 is 98.6 Å². The van der Waals surface area contributed by atoms with Crippen LogP contribution in [0.1, 0.15) is 5.56 Å². The van der Waals surface area contributed by atoms with Crippen LogP contribution in [0.3, 0.4) is 0 Å². The highest BCUT2D eigenvalue weighted by atomic mass is 16.3. The molecular weight excluding hydrogens is 993 g/mol. The number of fused-ring (bicyclic) bond motifs is 13. The normalized spacial score (nSPS) is 11.9. The summed E-state index contributed by atoms with van der Waals surface area (Å²) in [5, 5.41) is 21.1. The maximum absolute atomic E-state index is 12.5. The Kier molecular flexibility index (Phi) is 9.58. The number of rotatable bonds is 7. The van der Waals surface area contributed by atoms with Gasteiger partial charge in [0.2, 0.25) is 5.89 Å². The van der Waals surface area contributed by atoms with Gasteiger partial charge in [0, 0.05) is 78.0 Å². The predicted molar refractivity (Wildman–Crippen MR) is 328 cm³/mol. The van der Waals surface area contributed by atoms with E-state index in [-0.39, 0.29) is 0 Å². The van der Waals surface area contributed by atoms with Crippen molar-refractivity contribution in [2.75, 3.05) is 0 Å². The van der Waals surface area contributed by atoms with E-state index in [0.29, 0.717) is 45.1 Å². The number of benzene rings is 10. The highest BCUT2D eigenvalue weighted by Crippen LogP contribution is 2.52. The summed E-state index contributed by atoms with van der Waals surface area (Å²) < 4.78 is 16.1. The van der Waals surface area contributed by atoms with Crippen LogP contribution in [0.2, 0.25) is 0 Å². The van der Waals surface area contributed by atoms with Crippen molar-refractivity contribution in [3.63, 3.8) is 0 Å². The Bertz CT molecular complexity index is 5250. The van der Waals surface area contributed by atoms with E-state index in [1.54, 1.807) is 0 Å². The van der Waals surface area contributed by atoms with E-state index in [4.69, 9.17) is 19.4 Å². The third kappa shape index (κ3) is 6.44. The summed E-state index contributed by atoms with van der Waals surface area (Å²) in [6.07, 6.45) is 3.67. The van der Waals surface area contributed by atoms with E-state index < -0.39 is 0 Å². The van der Waals surface area contributed by atoms with E-state index in [9.17, 15) is 5.26 Å². The molecule has 10 aromatic carbocycles. The van der Waals surface area contributed by atoms with Crippen LogP contribution < -0.4 is 0 Å². The van der Waals surface area contributed by atoms with Crippen LogP contribution in [0.15, 0.2) is 259 Å². The summed E-state index contributed by atoms with van der Waals surface area (Å²) in [4.78, 5) is 15.7. The topological polar surface area (TPSA) is 95.3 Å². The molecule has 0 unspecified atom stereocenters. The van der Waals surface area contributed by atoms with Crippen molar-refractivity contribution in [3.05, 3.63) is 261 Å². The van der Waals surface area contributed by atoms with Gasteiger partial charge in [-0.15, -0.1) is 0 Å². The lowest BCUT2D eigenvalue weighted by atomic mass is 9.85. The molecule has 0 N–H and O–H groups in total. The summed E-state index contributed by atoms with van der Waals surface area (Å²) in [5.74, 6) is 0.302. The highest BCUT2D eigenvalue weighted by Gasteiger charge is 2.34. The molecule has 0 aliphatic rings. The smallest absolute Gasteiger partial charge is 0.230 e. The quantitative estimate of drug-likeness (QED) is 0.158. The number of oxazole rings is 1. The fraction of sp³-hybridized carbons (Fsp3) is 0. The molecule has 0 fully saturated rings. The number of aromatic nitrogens is 7. The molecule has 376 valence electrons. The van der Waals surface area contributed by atoms with E-state index in [1.807, 2.05) is 48.8 Å². The van der Waals surface area contributed by atoms with Gasteiger partial charge in [-0.1, -0.05) is 146 Å². The summed E-state index contributed by atoms with van der Waals surface area (Å²) in [6, 6.07) is 87.7. The summed E-state index contributed by atoms with van der Waals surface area (Å²) >= 11 is 0. The van der Waals surface area contributed by atoms with Crippen LogP contribution >= 0.6 is 0 Å². The second-order valence-electron chi connectivity index (χ2n) is 20.6. The van der Waals surface area contributed by atoms with Crippen molar-refractivity contribution in [3.8, 4) is 62.5 Å². The molecule has 0 aliphatic heterocycles. The first kappa shape index (κ1) is 44.8. The second-order valence-corrected chi connectivity index (χ2v) is 20.6. The fourth-order valence-corrected chi connectivity index (χ4v) is 13.0. The van der Waals surface area contributed by atoms with Crippen LogP contribution in [-0.2, 0) is 0 Å². The zero-order valence-corrected chi connectivity index (χ0v) is 43.2. The van der Waals surface area contributed by atoms with Crippen LogP contribution in [0, 0.1) is 11.3 Å². The molecule has 9 nitrogen and oxygen atoms in total. The zero-order chi connectivity index (χ0) is 53.3. The first-order valence-corrected chi connectivity index (χ1v) is 27.1. The van der Waals surface area contributed by atoms with Gasteiger partial charge < -0.3 is 13.6 Å². The van der Waals surface area contributed by atoms with E-state index >= 15 is 0 Å². The van der Waals surface area contributed by atoms with E-state index in [1.165, 1.54) is 21.5 Å². The molecule has 0 amide bonds. The molecule has 9 heteroatoms. The molecular formula is C72H42N8O. The lowest BCUT2D eigenvalue weighted by Crippen LogP contribution is -2.11. The van der Waals surface area contributed by atoms with Crippen molar-refractivity contribution in [2.24, 2.45) is 0 Å². The van der Waals surface area contributed by atoms with Crippen LogP contribution in [0.4, 0.5) is 0 Å². The number of hydrogen-bond donors (Lipinski definition) is 0. The lowest BCUT2D eigenvalue weighted by molar-refractivity contribution is 0.619. The van der Waals surface area contributed by atoms with Gasteiger partial charge in [0.25, 0.3) is 0 Å². The third-order valence-electron chi connectivity index (χ3n) is 16.4. The number of nitriles is 1. The Morgan fingerprint density at radius 1 is 0.333 bits per heavy atom. The molecule has 0 aliphatic carbocycles. The Morgan fingerprint density at radius 2 is 0.691 bits per heavy atom. The maximum atomic E-state index is 12.5. The molecule has 0 bridgehead atoms. The van der Waals surface area contributed by atoms with E-state index in [2.05, 4.69) is 231 Å². The fourth-order valence-electron chi connectivity index (χ4n) is 13.0. The molecule has 0 atom stereocenters. The van der Waals surface area contributed by atoms with Gasteiger partial charge in [0.15, 0.2) is 5.58 Å². The first-order chi connectivity index (χ1) is 40.2. The molecule has 81 heavy (non-hydrogen) atoms. The molecule has 0 saturated heterocycles. The molecule has 7 heterocycles. The average Bonchev–Trinajstić information content (AvgIpc) is 4.53. The van der Waals surface area contributed by atoms with Gasteiger partial charge in [-0.25, -0.2) is 15.0 Å². The molecule has 7 aromatic heterocycles. The van der Waals surface area contributed by atoms with Gasteiger partial charge in [0.05, 0.1) is 55.6 Å². The van der Waals surface area contributed by atoms with Crippen molar-refractivity contribution in [1.82, 2.24) is 33.2 Å². The third-order valence-corrected chi connectivity index (χ3v) is 16.4. The highest BCUT2D eigenvalue weighted by molar-refractivity contribution is 6.15. The van der Waals surface area contributed by atoms with Crippen LogP contribution in [-0.4, -0.2) is 33.2 Å². The summed E-state index contributed by atoms with van der Waals surface area (Å²) in [7, 11) is 0. The number of nitrogens with zero attached hydrogens (tertiary/aromatic N) is 8. The number of para-hydroxylation sites is 8. The predicted octanol–water partition coefficient (Wildman–Crippen LogP) is 17.9. The van der Waals surface area contributed by atoms with Gasteiger partial charge in [-0.2, -0.15) is 5.26 Å². The standard InChI is InChI=1S/C72H42N8O/c73-43-56-67(72-76-57-25-7-14-32-64(57)81-72)69(80-63-31-13-6-22-53(63)55-24-16-42-75-71(55)80)66(45-35-39-47(40-36-45)78-60-28-10-3-19-50(60)51-20-4-11-29-61(51)78)65(68(56)79-62-30-12-5-21-52(62)54-23-15-41-74-70(54)79)44-33-37-46(38-34-44)77-58-26-8-1-17-48(58)49-18-2-9-27-59(49)77/h1-42H. The van der Waals surface area contributed by atoms with Crippen molar-refractivity contribution < 1.29 is 4.42 Å². The summed E-state index contributed by atoms with van der Waals surface area (Å²) in [6.45, 7) is 0. The molecule has 17 aromatic rings. The molecule has 0 spiro atoms. The largest absolute Gasteiger partial charge is 0.436 e. The van der Waals surface area contributed by atoms with Crippen LogP contribution in [0.5, 0.6) is 0 Å². The Morgan fingerprint density at radius 3 is 1.12 bits per heavy atom. The van der Waals surface area contributed by atoms with Gasteiger partial charge >= 0.3 is 0 Å². The summed E-state index contributed by atoms with van der Waals surface area (Å²) in [5.41, 5.74) is 16.6. The van der Waals surface area contributed by atoms with Crippen molar-refractivity contribution in [2.45, 2.75) is 0 Å². The minimum absolute atomic E-state index is 0.302. The first-order valence-electron chi connectivity index (χ1n) is 27.1. The molecule has 0 saturated carbocycles. The Hall–Kier alpha value is -11.3. The van der Waals surface area contributed by atoms with Gasteiger partial charge in [-0.3, -0.25) is 9.13 Å².